The van der Waals surface area contributed by atoms with Gasteiger partial charge in [0.2, 0.25) is 5.91 Å². The molecule has 0 unspecified atom stereocenters. The summed E-state index contributed by atoms with van der Waals surface area (Å²) in [5.41, 5.74) is 0.479. The summed E-state index contributed by atoms with van der Waals surface area (Å²) in [7, 11) is 3.26. The average Bonchev–Trinajstić information content (AvgIpc) is 2.88. The van der Waals surface area contributed by atoms with Crippen molar-refractivity contribution in [3.05, 3.63) is 41.2 Å². The summed E-state index contributed by atoms with van der Waals surface area (Å²) in [5.74, 6) is -2.34. The number of carbonyl (C=O) groups excluding carboxylic acids is 2. The molecule has 0 radical (unpaired) electrons. The van der Waals surface area contributed by atoms with Crippen LogP contribution in [0.3, 0.4) is 0 Å². The zero-order chi connectivity index (χ0) is 22.9. The second-order valence-corrected chi connectivity index (χ2v) is 8.92. The Bertz CT molecular complexity index is 995. The highest BCUT2D eigenvalue weighted by Gasteiger charge is 2.35. The van der Waals surface area contributed by atoms with Gasteiger partial charge in [0.15, 0.2) is 17.3 Å². The number of nitrogens with zero attached hydrogens (tertiary/aromatic N) is 3. The van der Waals surface area contributed by atoms with E-state index in [-0.39, 0.29) is 18.2 Å². The van der Waals surface area contributed by atoms with Gasteiger partial charge in [-0.1, -0.05) is 20.8 Å². The van der Waals surface area contributed by atoms with Crippen molar-refractivity contribution in [2.24, 2.45) is 5.41 Å². The lowest BCUT2D eigenvalue weighted by atomic mass is 9.85. The molecule has 0 aliphatic carbocycles. The number of rotatable bonds is 4. The smallest absolute Gasteiger partial charge is 0.272 e. The number of amides is 2. The van der Waals surface area contributed by atoms with Crippen molar-refractivity contribution in [1.29, 1.82) is 0 Å². The van der Waals surface area contributed by atoms with Gasteiger partial charge in [0.25, 0.3) is 5.91 Å². The van der Waals surface area contributed by atoms with E-state index in [1.165, 1.54) is 11.0 Å². The molecule has 2 aromatic rings. The summed E-state index contributed by atoms with van der Waals surface area (Å²) in [4.78, 5) is 31.8. The van der Waals surface area contributed by atoms with Gasteiger partial charge in [-0.15, -0.1) is 0 Å². The van der Waals surface area contributed by atoms with Crippen LogP contribution in [0.25, 0.3) is 11.4 Å². The van der Waals surface area contributed by atoms with Crippen molar-refractivity contribution in [3.8, 4) is 11.4 Å². The van der Waals surface area contributed by atoms with Gasteiger partial charge < -0.3 is 19.5 Å². The number of ether oxygens (including phenoxy) is 1. The molecule has 1 aliphatic rings. The van der Waals surface area contributed by atoms with E-state index in [2.05, 4.69) is 10.3 Å². The highest BCUT2D eigenvalue weighted by atomic mass is 19.2. The zero-order valence-corrected chi connectivity index (χ0v) is 18.5. The first-order valence-corrected chi connectivity index (χ1v) is 10.1. The van der Waals surface area contributed by atoms with Crippen molar-refractivity contribution in [2.45, 2.75) is 46.4 Å². The first-order valence-electron chi connectivity index (χ1n) is 10.1. The van der Waals surface area contributed by atoms with Gasteiger partial charge in [-0.25, -0.2) is 13.8 Å². The lowest BCUT2D eigenvalue weighted by Crippen LogP contribution is -2.53. The maximum atomic E-state index is 13.9. The second kappa shape index (κ2) is 8.74. The Hall–Kier alpha value is -2.81. The van der Waals surface area contributed by atoms with E-state index >= 15 is 0 Å². The number of aromatic nitrogens is 2. The number of hydrogen-bond acceptors (Lipinski definition) is 4. The summed E-state index contributed by atoms with van der Waals surface area (Å²) >= 11 is 0. The molecule has 168 valence electrons. The fraction of sp³-hybridized carbons (Fsp3) is 0.500. The summed E-state index contributed by atoms with van der Waals surface area (Å²) in [5, 5.41) is 2.81. The fourth-order valence-corrected chi connectivity index (χ4v) is 3.51. The number of imidazole rings is 1. The SMILES string of the molecule is CN(C)C(=O)[C@@H](NC(=O)c1nc(-c2ccc(F)c(F)c2)n2c1COCCC2)C(C)(C)C. The summed E-state index contributed by atoms with van der Waals surface area (Å²) in [6.45, 7) is 6.77. The minimum absolute atomic E-state index is 0.113. The molecule has 0 bridgehead atoms. The molecule has 31 heavy (non-hydrogen) atoms. The number of nitrogens with one attached hydrogen (secondary N) is 1. The van der Waals surface area contributed by atoms with Crippen LogP contribution in [0.5, 0.6) is 0 Å². The summed E-state index contributed by atoms with van der Waals surface area (Å²) in [6, 6.07) is 2.75. The Labute approximate surface area is 180 Å². The Morgan fingerprint density at radius 2 is 1.94 bits per heavy atom. The predicted octanol–water partition coefficient (Wildman–Crippen LogP) is 2.98. The number of fused-ring (bicyclic) bond motifs is 1. The van der Waals surface area contributed by atoms with Crippen molar-refractivity contribution in [1.82, 2.24) is 19.8 Å². The maximum Gasteiger partial charge on any atom is 0.272 e. The molecule has 0 saturated heterocycles. The molecule has 1 atom stereocenters. The third-order valence-corrected chi connectivity index (χ3v) is 5.20. The first kappa shape index (κ1) is 22.9. The van der Waals surface area contributed by atoms with Crippen LogP contribution in [0.2, 0.25) is 0 Å². The molecule has 1 aromatic heterocycles. The van der Waals surface area contributed by atoms with E-state index < -0.39 is 29.0 Å². The molecule has 1 aromatic carbocycles. The standard InChI is InChI=1S/C22H28F2N4O3/c1-22(2,3)18(21(30)27(4)5)26-20(29)17-16-12-31-10-6-9-28(16)19(25-17)13-7-8-14(23)15(24)11-13/h7-8,11,18H,6,9-10,12H2,1-5H3,(H,26,29)/t18-/m1/s1. The summed E-state index contributed by atoms with van der Waals surface area (Å²) in [6.07, 6.45) is 0.685. The topological polar surface area (TPSA) is 76.5 Å². The van der Waals surface area contributed by atoms with Crippen molar-refractivity contribution >= 4 is 11.8 Å². The molecular weight excluding hydrogens is 406 g/mol. The number of likely N-dealkylation sites (N-methyl/N-ethyl adjacent to an activating group) is 1. The molecule has 2 heterocycles. The molecule has 2 amide bonds. The van der Waals surface area contributed by atoms with Gasteiger partial charge in [-0.05, 0) is 30.0 Å². The van der Waals surface area contributed by atoms with Crippen LogP contribution >= 0.6 is 0 Å². The van der Waals surface area contributed by atoms with Crippen LogP contribution in [0.4, 0.5) is 8.78 Å². The molecular formula is C22H28F2N4O3. The monoisotopic (exact) mass is 434 g/mol. The first-order chi connectivity index (χ1) is 14.5. The number of carbonyl (C=O) groups is 2. The minimum Gasteiger partial charge on any atom is -0.375 e. The molecule has 0 spiro atoms. The van der Waals surface area contributed by atoms with Gasteiger partial charge in [0.05, 0.1) is 12.3 Å². The molecule has 7 nitrogen and oxygen atoms in total. The number of hydrogen-bond donors (Lipinski definition) is 1. The highest BCUT2D eigenvalue weighted by Crippen LogP contribution is 2.28. The van der Waals surface area contributed by atoms with Gasteiger partial charge in [0.1, 0.15) is 11.9 Å². The Morgan fingerprint density at radius 3 is 2.55 bits per heavy atom. The van der Waals surface area contributed by atoms with Crippen molar-refractivity contribution < 1.29 is 23.1 Å². The Kier molecular flexibility index (Phi) is 6.45. The van der Waals surface area contributed by atoms with Crippen molar-refractivity contribution in [3.63, 3.8) is 0 Å². The fourth-order valence-electron chi connectivity index (χ4n) is 3.51. The van der Waals surface area contributed by atoms with Crippen molar-refractivity contribution in [2.75, 3.05) is 20.7 Å². The second-order valence-electron chi connectivity index (χ2n) is 8.92. The van der Waals surface area contributed by atoms with E-state index in [1.807, 2.05) is 20.8 Å². The zero-order valence-electron chi connectivity index (χ0n) is 18.5. The van der Waals surface area contributed by atoms with E-state index in [1.54, 1.807) is 18.7 Å². The van der Waals surface area contributed by atoms with Crippen LogP contribution in [0, 0.1) is 17.0 Å². The van der Waals surface area contributed by atoms with Gasteiger partial charge >= 0.3 is 0 Å². The third-order valence-electron chi connectivity index (χ3n) is 5.20. The normalized spacial score (nSPS) is 15.1. The third kappa shape index (κ3) is 4.76. The van der Waals surface area contributed by atoms with Gasteiger partial charge in [0, 0.05) is 32.8 Å². The van der Waals surface area contributed by atoms with Gasteiger partial charge in [-0.2, -0.15) is 0 Å². The van der Waals surface area contributed by atoms with Crippen LogP contribution < -0.4 is 5.32 Å². The van der Waals surface area contributed by atoms with Crippen LogP contribution in [0.15, 0.2) is 18.2 Å². The van der Waals surface area contributed by atoms with Crippen LogP contribution in [-0.4, -0.2) is 53.0 Å². The quantitative estimate of drug-likeness (QED) is 0.803. The minimum atomic E-state index is -0.991. The van der Waals surface area contributed by atoms with E-state index in [0.717, 1.165) is 12.1 Å². The maximum absolute atomic E-state index is 13.9. The highest BCUT2D eigenvalue weighted by molar-refractivity contribution is 5.97. The van der Waals surface area contributed by atoms with E-state index in [0.29, 0.717) is 36.7 Å². The van der Waals surface area contributed by atoms with E-state index in [4.69, 9.17) is 4.74 Å². The Morgan fingerprint density at radius 1 is 1.23 bits per heavy atom. The molecule has 3 rings (SSSR count). The molecule has 0 saturated carbocycles. The summed E-state index contributed by atoms with van der Waals surface area (Å²) < 4.78 is 34.7. The average molecular weight is 434 g/mol. The lowest BCUT2D eigenvalue weighted by molar-refractivity contribution is -0.133. The molecule has 1 N–H and O–H groups in total. The Balaban J connectivity index is 2.04. The largest absolute Gasteiger partial charge is 0.375 e. The molecule has 1 aliphatic heterocycles. The number of benzene rings is 1. The van der Waals surface area contributed by atoms with Crippen LogP contribution in [-0.2, 0) is 22.7 Å². The predicted molar refractivity (Wildman–Crippen MR) is 111 cm³/mol. The lowest BCUT2D eigenvalue weighted by Gasteiger charge is -2.32. The van der Waals surface area contributed by atoms with Gasteiger partial charge in [-0.3, -0.25) is 9.59 Å². The van der Waals surface area contributed by atoms with Crippen LogP contribution in [0.1, 0.15) is 43.4 Å². The molecule has 9 heteroatoms. The number of halogens is 2. The van der Waals surface area contributed by atoms with E-state index in [9.17, 15) is 18.4 Å². The molecule has 0 fully saturated rings.